The Hall–Kier alpha value is -2.58. The lowest BCUT2D eigenvalue weighted by Crippen LogP contribution is -2.29. The molecule has 7 nitrogen and oxygen atoms in total. The molecule has 0 bridgehead atoms. The molecule has 5 rings (SSSR count). The largest absolute Gasteiger partial charge is 0.490 e. The summed E-state index contributed by atoms with van der Waals surface area (Å²) in [7, 11) is -1.79. The van der Waals surface area contributed by atoms with Gasteiger partial charge in [0.1, 0.15) is 12.4 Å². The van der Waals surface area contributed by atoms with Crippen LogP contribution in [-0.2, 0) is 10.0 Å². The summed E-state index contributed by atoms with van der Waals surface area (Å²) >= 11 is 0. The predicted octanol–water partition coefficient (Wildman–Crippen LogP) is 3.60. The molecule has 1 fully saturated rings. The molecular weight excluding hydrogens is 412 g/mol. The second-order valence-corrected chi connectivity index (χ2v) is 9.50. The average Bonchev–Trinajstić information content (AvgIpc) is 3.21. The van der Waals surface area contributed by atoms with Gasteiger partial charge in [0.2, 0.25) is 0 Å². The Morgan fingerprint density at radius 2 is 1.94 bits per heavy atom. The molecule has 1 saturated heterocycles. The van der Waals surface area contributed by atoms with E-state index in [4.69, 9.17) is 4.74 Å². The highest BCUT2D eigenvalue weighted by Crippen LogP contribution is 2.36. The molecule has 0 unspecified atom stereocenters. The first-order valence-electron chi connectivity index (χ1n) is 11.0. The molecule has 0 radical (unpaired) electrons. The van der Waals surface area contributed by atoms with Gasteiger partial charge in [0.15, 0.2) is 0 Å². The summed E-state index contributed by atoms with van der Waals surface area (Å²) in [6.07, 6.45) is 5.46. The van der Waals surface area contributed by atoms with Gasteiger partial charge in [-0.2, -0.15) is 0 Å². The Morgan fingerprint density at radius 3 is 2.71 bits per heavy atom. The lowest BCUT2D eigenvalue weighted by molar-refractivity contribution is 0.310. The van der Waals surface area contributed by atoms with Crippen LogP contribution in [-0.4, -0.2) is 50.7 Å². The molecule has 1 N–H and O–H groups in total. The van der Waals surface area contributed by atoms with Gasteiger partial charge in [0.25, 0.3) is 10.0 Å². The van der Waals surface area contributed by atoms with Crippen molar-refractivity contribution < 1.29 is 13.2 Å². The number of hydrogen-bond donors (Lipinski definition) is 1. The van der Waals surface area contributed by atoms with E-state index in [-0.39, 0.29) is 4.90 Å². The highest BCUT2D eigenvalue weighted by atomic mass is 32.2. The third-order valence-electron chi connectivity index (χ3n) is 5.92. The van der Waals surface area contributed by atoms with Crippen LogP contribution >= 0.6 is 0 Å². The van der Waals surface area contributed by atoms with Gasteiger partial charge in [-0.15, -0.1) is 0 Å². The molecule has 3 aromatic rings. The van der Waals surface area contributed by atoms with E-state index >= 15 is 0 Å². The molecule has 31 heavy (non-hydrogen) atoms. The molecule has 8 heteroatoms. The molecule has 2 aromatic heterocycles. The monoisotopic (exact) mass is 442 g/mol. The van der Waals surface area contributed by atoms with Crippen molar-refractivity contribution in [1.82, 2.24) is 14.3 Å². The molecule has 2 aliphatic heterocycles. The second kappa shape index (κ2) is 8.88. The van der Waals surface area contributed by atoms with Crippen LogP contribution in [0.4, 0.5) is 5.69 Å². The Balaban J connectivity index is 0.00000112. The number of pyridine rings is 1. The molecule has 2 aliphatic rings. The number of hydrogen-bond acceptors (Lipinski definition) is 6. The highest BCUT2D eigenvalue weighted by Gasteiger charge is 2.27. The molecule has 0 atom stereocenters. The van der Waals surface area contributed by atoms with Gasteiger partial charge >= 0.3 is 0 Å². The van der Waals surface area contributed by atoms with E-state index in [0.717, 1.165) is 49.2 Å². The first kappa shape index (κ1) is 21.6. The van der Waals surface area contributed by atoms with Crippen LogP contribution in [0.1, 0.15) is 38.2 Å². The first-order chi connectivity index (χ1) is 15.1. The topological polar surface area (TPSA) is 76.5 Å². The van der Waals surface area contributed by atoms with Crippen molar-refractivity contribution in [1.29, 1.82) is 0 Å². The van der Waals surface area contributed by atoms with E-state index in [1.165, 1.54) is 3.97 Å². The third kappa shape index (κ3) is 3.90. The summed E-state index contributed by atoms with van der Waals surface area (Å²) < 4.78 is 34.2. The second-order valence-electron chi connectivity index (χ2n) is 7.68. The number of rotatable bonds is 3. The molecular formula is C23H30N4O3S. The summed E-state index contributed by atoms with van der Waals surface area (Å²) in [5.74, 6) is 0.915. The number of nitrogens with zero attached hydrogens (tertiary/aromatic N) is 3. The number of piperidine rings is 1. The minimum atomic E-state index is -3.77. The number of ether oxygens (including phenoxy) is 1. The number of aromatic nitrogens is 2. The summed E-state index contributed by atoms with van der Waals surface area (Å²) in [5.41, 5.74) is 3.32. The van der Waals surface area contributed by atoms with Crippen LogP contribution in [0, 0.1) is 0 Å². The van der Waals surface area contributed by atoms with Crippen LogP contribution in [0.3, 0.4) is 0 Å². The van der Waals surface area contributed by atoms with Gasteiger partial charge in [-0.25, -0.2) is 12.4 Å². The van der Waals surface area contributed by atoms with E-state index in [2.05, 4.69) is 15.2 Å². The van der Waals surface area contributed by atoms with Crippen LogP contribution in [0.25, 0.3) is 11.0 Å². The normalized spacial score (nSPS) is 16.9. The van der Waals surface area contributed by atoms with Gasteiger partial charge < -0.3 is 15.0 Å². The van der Waals surface area contributed by atoms with Gasteiger partial charge in [-0.3, -0.25) is 4.98 Å². The van der Waals surface area contributed by atoms with Crippen molar-refractivity contribution in [2.75, 3.05) is 38.2 Å². The minimum Gasteiger partial charge on any atom is -0.490 e. The van der Waals surface area contributed by atoms with E-state index in [0.29, 0.717) is 23.8 Å². The molecule has 0 spiro atoms. The number of fused-ring (bicyclic) bond motifs is 2. The Bertz CT molecular complexity index is 1170. The molecule has 0 aliphatic carbocycles. The van der Waals surface area contributed by atoms with E-state index in [1.807, 2.05) is 33.0 Å². The predicted molar refractivity (Wildman–Crippen MR) is 124 cm³/mol. The molecule has 166 valence electrons. The lowest BCUT2D eigenvalue weighted by Gasteiger charge is -2.27. The van der Waals surface area contributed by atoms with Crippen LogP contribution in [0.2, 0.25) is 0 Å². The smallest absolute Gasteiger partial charge is 0.268 e. The summed E-state index contributed by atoms with van der Waals surface area (Å²) in [6.45, 7) is 7.20. The fourth-order valence-corrected chi connectivity index (χ4v) is 5.68. The highest BCUT2D eigenvalue weighted by molar-refractivity contribution is 7.90. The quantitative estimate of drug-likeness (QED) is 0.668. The summed E-state index contributed by atoms with van der Waals surface area (Å²) in [4.78, 5) is 6.82. The van der Waals surface area contributed by atoms with Crippen LogP contribution in [0.15, 0.2) is 47.6 Å². The molecule has 0 saturated carbocycles. The maximum absolute atomic E-state index is 13.6. The van der Waals surface area contributed by atoms with Gasteiger partial charge in [0, 0.05) is 31.1 Å². The van der Waals surface area contributed by atoms with Gasteiger partial charge in [0.05, 0.1) is 28.2 Å². The number of benzene rings is 1. The minimum absolute atomic E-state index is 0.226. The van der Waals surface area contributed by atoms with Gasteiger partial charge in [-0.05, 0) is 56.1 Å². The fourth-order valence-electron chi connectivity index (χ4n) is 4.30. The maximum Gasteiger partial charge on any atom is 0.268 e. The van der Waals surface area contributed by atoms with E-state index in [1.54, 1.807) is 30.6 Å². The van der Waals surface area contributed by atoms with Gasteiger partial charge in [-0.1, -0.05) is 13.8 Å². The third-order valence-corrected chi connectivity index (χ3v) is 7.59. The number of likely N-dealkylation sites (N-methyl/N-ethyl adjacent to an activating group) is 1. The maximum atomic E-state index is 13.6. The van der Waals surface area contributed by atoms with Crippen LogP contribution < -0.4 is 15.0 Å². The van der Waals surface area contributed by atoms with Crippen LogP contribution in [0.5, 0.6) is 5.75 Å². The fraction of sp³-hybridized carbons (Fsp3) is 0.435. The standard InChI is InChI=1S/C21H24N4O3S.C2H6/c1-24-11-12-28-20-13-16(4-5-18(20)24)29(26,27)25-14-17(15-6-9-22-10-7-15)21-19(25)3-2-8-23-21;1-2/h2-5,8,13-15,22H,6-7,9-12H2,1H3;1-2H3. The van der Waals surface area contributed by atoms with Crippen molar-refractivity contribution in [3.05, 3.63) is 48.3 Å². The Morgan fingerprint density at radius 1 is 1.16 bits per heavy atom. The SMILES string of the molecule is CC.CN1CCOc2cc(S(=O)(=O)n3cc(C4CCNCC4)c4ncccc43)ccc21. The Labute approximate surface area is 184 Å². The zero-order chi connectivity index (χ0) is 22.0. The molecule has 1 aromatic carbocycles. The zero-order valence-corrected chi connectivity index (χ0v) is 19.2. The lowest BCUT2D eigenvalue weighted by atomic mass is 9.91. The molecule has 4 heterocycles. The van der Waals surface area contributed by atoms with Crippen molar-refractivity contribution in [2.24, 2.45) is 0 Å². The average molecular weight is 443 g/mol. The summed E-state index contributed by atoms with van der Waals surface area (Å²) in [5, 5.41) is 3.36. The zero-order valence-electron chi connectivity index (χ0n) is 18.3. The first-order valence-corrected chi connectivity index (χ1v) is 12.4. The molecule has 0 amide bonds. The van der Waals surface area contributed by atoms with Crippen molar-refractivity contribution in [3.8, 4) is 5.75 Å². The number of anilines is 1. The van der Waals surface area contributed by atoms with E-state index in [9.17, 15) is 8.42 Å². The summed E-state index contributed by atoms with van der Waals surface area (Å²) in [6, 6.07) is 8.72. The van der Waals surface area contributed by atoms with Crippen molar-refractivity contribution >= 4 is 26.7 Å². The Kier molecular flexibility index (Phi) is 6.20. The van der Waals surface area contributed by atoms with Crippen molar-refractivity contribution in [2.45, 2.75) is 37.5 Å². The number of nitrogens with one attached hydrogen (secondary N) is 1. The van der Waals surface area contributed by atoms with Crippen molar-refractivity contribution in [3.63, 3.8) is 0 Å². The van der Waals surface area contributed by atoms with E-state index < -0.39 is 10.0 Å².